The lowest BCUT2D eigenvalue weighted by atomic mass is 10.1. The number of anilines is 2. The molecule has 0 atom stereocenters. The molecule has 0 saturated carbocycles. The van der Waals surface area contributed by atoms with Crippen LogP contribution in [-0.2, 0) is 15.8 Å². The van der Waals surface area contributed by atoms with Crippen molar-refractivity contribution in [3.05, 3.63) is 68.8 Å². The quantitative estimate of drug-likeness (QED) is 0.664. The molecule has 0 spiro atoms. The smallest absolute Gasteiger partial charge is 0.350 e. The summed E-state index contributed by atoms with van der Waals surface area (Å²) in [5, 5.41) is 2.15. The molecule has 146 valence electrons. The van der Waals surface area contributed by atoms with E-state index in [1.165, 1.54) is 0 Å². The second-order valence-corrected chi connectivity index (χ2v) is 7.01. The number of benzene rings is 2. The summed E-state index contributed by atoms with van der Waals surface area (Å²) >= 11 is 12.0. The Hall–Kier alpha value is -2.51. The number of nitrogens with one attached hydrogen (secondary N) is 1. The molecule has 1 aliphatic rings. The molecule has 3 rings (SSSR count). The van der Waals surface area contributed by atoms with Crippen molar-refractivity contribution in [2.75, 3.05) is 10.2 Å². The molecule has 1 N–H and O–H groups in total. The third kappa shape index (κ3) is 3.59. The van der Waals surface area contributed by atoms with E-state index in [9.17, 15) is 22.8 Å². The van der Waals surface area contributed by atoms with Gasteiger partial charge in [0.05, 0.1) is 16.3 Å². The minimum Gasteiger partial charge on any atom is -0.350 e. The molecule has 0 unspecified atom stereocenters. The fourth-order valence-electron chi connectivity index (χ4n) is 2.65. The Balaban J connectivity index is 1.98. The van der Waals surface area contributed by atoms with Crippen molar-refractivity contribution >= 4 is 46.4 Å². The maximum Gasteiger partial charge on any atom is 0.416 e. The van der Waals surface area contributed by atoms with Gasteiger partial charge in [-0.1, -0.05) is 29.3 Å². The monoisotopic (exact) mass is 428 g/mol. The first-order valence-electron chi connectivity index (χ1n) is 8.00. The highest BCUT2D eigenvalue weighted by Crippen LogP contribution is 2.38. The van der Waals surface area contributed by atoms with Crippen molar-refractivity contribution in [1.82, 2.24) is 0 Å². The van der Waals surface area contributed by atoms with E-state index < -0.39 is 28.6 Å². The molecule has 1 heterocycles. The summed E-state index contributed by atoms with van der Waals surface area (Å²) in [6.07, 6.45) is -4.66. The third-order valence-electron chi connectivity index (χ3n) is 4.32. The molecule has 28 heavy (non-hydrogen) atoms. The Morgan fingerprint density at radius 1 is 0.929 bits per heavy atom. The van der Waals surface area contributed by atoms with Crippen molar-refractivity contribution in [2.45, 2.75) is 20.0 Å². The number of amides is 2. The van der Waals surface area contributed by atoms with Gasteiger partial charge in [-0.15, -0.1) is 0 Å². The number of halogens is 5. The van der Waals surface area contributed by atoms with Gasteiger partial charge in [0.15, 0.2) is 0 Å². The first-order chi connectivity index (χ1) is 13.0. The Morgan fingerprint density at radius 3 is 2.21 bits per heavy atom. The third-order valence-corrected chi connectivity index (χ3v) is 4.99. The predicted molar refractivity (Wildman–Crippen MR) is 101 cm³/mol. The van der Waals surface area contributed by atoms with Gasteiger partial charge in [-0.25, -0.2) is 4.90 Å². The second kappa shape index (κ2) is 7.14. The van der Waals surface area contributed by atoms with Gasteiger partial charge in [0.1, 0.15) is 10.7 Å². The van der Waals surface area contributed by atoms with Crippen molar-refractivity contribution in [3.63, 3.8) is 0 Å². The minimum atomic E-state index is -4.66. The van der Waals surface area contributed by atoms with Crippen LogP contribution in [0.15, 0.2) is 47.1 Å². The standard InChI is InChI=1S/C19H13Cl2F3N2O2/c1-9-3-5-12(7-10(9)2)25-16-15(21)17(27)26(18(16)28)14-8-11(19(22,23)24)4-6-13(14)20/h3-8,25H,1-2H3. The first-order valence-corrected chi connectivity index (χ1v) is 8.76. The number of hydrogen-bond acceptors (Lipinski definition) is 3. The highest BCUT2D eigenvalue weighted by molar-refractivity contribution is 6.53. The van der Waals surface area contributed by atoms with Crippen LogP contribution in [0.1, 0.15) is 16.7 Å². The van der Waals surface area contributed by atoms with Gasteiger partial charge >= 0.3 is 6.18 Å². The number of imide groups is 1. The minimum absolute atomic E-state index is 0.188. The zero-order valence-corrected chi connectivity index (χ0v) is 16.1. The van der Waals surface area contributed by atoms with Crippen molar-refractivity contribution in [2.24, 2.45) is 0 Å². The average molecular weight is 429 g/mol. The van der Waals surface area contributed by atoms with E-state index in [0.717, 1.165) is 23.3 Å². The Bertz CT molecular complexity index is 1030. The molecular formula is C19H13Cl2F3N2O2. The first kappa shape index (κ1) is 20.2. The molecule has 0 fully saturated rings. The Kier molecular flexibility index (Phi) is 5.16. The summed E-state index contributed by atoms with van der Waals surface area (Å²) < 4.78 is 39.0. The fourth-order valence-corrected chi connectivity index (χ4v) is 3.07. The Morgan fingerprint density at radius 2 is 1.61 bits per heavy atom. The molecule has 9 heteroatoms. The number of aryl methyl sites for hydroxylation is 2. The highest BCUT2D eigenvalue weighted by atomic mass is 35.5. The number of carbonyl (C=O) groups is 2. The zero-order chi connectivity index (χ0) is 20.8. The van der Waals surface area contributed by atoms with Gasteiger partial charge in [0.25, 0.3) is 11.8 Å². The van der Waals surface area contributed by atoms with E-state index in [4.69, 9.17) is 23.2 Å². The summed E-state index contributed by atoms with van der Waals surface area (Å²) in [4.78, 5) is 25.8. The van der Waals surface area contributed by atoms with Crippen molar-refractivity contribution in [3.8, 4) is 0 Å². The van der Waals surface area contributed by atoms with E-state index in [2.05, 4.69) is 5.32 Å². The average Bonchev–Trinajstić information content (AvgIpc) is 2.81. The van der Waals surface area contributed by atoms with E-state index in [1.807, 2.05) is 19.9 Å². The number of hydrogen-bond donors (Lipinski definition) is 1. The molecule has 2 aromatic rings. The van der Waals surface area contributed by atoms with E-state index in [1.54, 1.807) is 12.1 Å². The molecule has 0 aromatic heterocycles. The van der Waals surface area contributed by atoms with Gasteiger partial charge in [0, 0.05) is 5.69 Å². The largest absolute Gasteiger partial charge is 0.416 e. The van der Waals surface area contributed by atoms with Crippen LogP contribution in [0, 0.1) is 13.8 Å². The molecule has 2 amide bonds. The lowest BCUT2D eigenvalue weighted by Gasteiger charge is -2.18. The van der Waals surface area contributed by atoms with E-state index >= 15 is 0 Å². The molecule has 0 aliphatic carbocycles. The molecule has 2 aromatic carbocycles. The van der Waals surface area contributed by atoms with Crippen LogP contribution in [0.4, 0.5) is 24.5 Å². The summed E-state index contributed by atoms with van der Waals surface area (Å²) in [5.74, 6) is -1.85. The van der Waals surface area contributed by atoms with Crippen molar-refractivity contribution in [1.29, 1.82) is 0 Å². The molecule has 0 saturated heterocycles. The van der Waals surface area contributed by atoms with Gasteiger partial charge < -0.3 is 5.32 Å². The summed E-state index contributed by atoms with van der Waals surface area (Å²) in [5.41, 5.74) is 0.812. The van der Waals surface area contributed by atoms with Gasteiger partial charge in [-0.2, -0.15) is 13.2 Å². The zero-order valence-electron chi connectivity index (χ0n) is 14.6. The van der Waals surface area contributed by atoms with E-state index in [0.29, 0.717) is 16.7 Å². The van der Waals surface area contributed by atoms with Gasteiger partial charge in [-0.05, 0) is 55.3 Å². The Labute approximate surface area is 168 Å². The number of rotatable bonds is 3. The number of nitrogens with zero attached hydrogens (tertiary/aromatic N) is 1. The molecule has 1 aliphatic heterocycles. The SMILES string of the molecule is Cc1ccc(NC2=C(Cl)C(=O)N(c3cc(C(F)(F)F)ccc3Cl)C2=O)cc1C. The number of carbonyl (C=O) groups excluding carboxylic acids is 2. The normalized spacial score (nSPS) is 14.9. The van der Waals surface area contributed by atoms with Gasteiger partial charge in [-0.3, -0.25) is 9.59 Å². The lowest BCUT2D eigenvalue weighted by molar-refractivity contribution is -0.137. The highest BCUT2D eigenvalue weighted by Gasteiger charge is 2.41. The summed E-state index contributed by atoms with van der Waals surface area (Å²) in [7, 11) is 0. The second-order valence-electron chi connectivity index (χ2n) is 6.22. The maximum absolute atomic E-state index is 13.0. The van der Waals surface area contributed by atoms with Crippen LogP contribution >= 0.6 is 23.2 Å². The molecule has 0 radical (unpaired) electrons. The lowest BCUT2D eigenvalue weighted by Crippen LogP contribution is -2.32. The van der Waals surface area contributed by atoms with Crippen LogP contribution in [0.25, 0.3) is 0 Å². The van der Waals surface area contributed by atoms with Crippen LogP contribution in [0.3, 0.4) is 0 Å². The van der Waals surface area contributed by atoms with Crippen LogP contribution in [0.2, 0.25) is 5.02 Å². The number of alkyl halides is 3. The van der Waals surface area contributed by atoms with Gasteiger partial charge in [0.2, 0.25) is 0 Å². The van der Waals surface area contributed by atoms with Crippen molar-refractivity contribution < 1.29 is 22.8 Å². The van der Waals surface area contributed by atoms with Crippen LogP contribution < -0.4 is 10.2 Å². The fraction of sp³-hybridized carbons (Fsp3) is 0.158. The molecular weight excluding hydrogens is 416 g/mol. The molecule has 0 bridgehead atoms. The summed E-state index contributed by atoms with van der Waals surface area (Å²) in [6, 6.07) is 7.64. The van der Waals surface area contributed by atoms with Crippen LogP contribution in [-0.4, -0.2) is 11.8 Å². The molecule has 4 nitrogen and oxygen atoms in total. The van der Waals surface area contributed by atoms with E-state index in [-0.39, 0.29) is 16.4 Å². The summed E-state index contributed by atoms with van der Waals surface area (Å²) in [6.45, 7) is 3.78. The maximum atomic E-state index is 13.0. The topological polar surface area (TPSA) is 49.4 Å². The van der Waals surface area contributed by atoms with Crippen LogP contribution in [0.5, 0.6) is 0 Å². The predicted octanol–water partition coefficient (Wildman–Crippen LogP) is 5.41.